The summed E-state index contributed by atoms with van der Waals surface area (Å²) in [4.78, 5) is 16.1. The number of halogens is 3. The first-order chi connectivity index (χ1) is 18.1. The molecule has 0 saturated carbocycles. The van der Waals surface area contributed by atoms with E-state index in [0.29, 0.717) is 18.1 Å². The van der Waals surface area contributed by atoms with E-state index in [4.69, 9.17) is 0 Å². The summed E-state index contributed by atoms with van der Waals surface area (Å²) in [6.45, 7) is 7.78. The van der Waals surface area contributed by atoms with Crippen molar-refractivity contribution in [2.75, 3.05) is 18.4 Å². The van der Waals surface area contributed by atoms with Crippen molar-refractivity contribution in [3.63, 3.8) is 0 Å². The van der Waals surface area contributed by atoms with E-state index in [1.54, 1.807) is 24.3 Å². The molecule has 1 unspecified atom stereocenters. The average molecular weight is 525 g/mol. The van der Waals surface area contributed by atoms with Crippen LogP contribution < -0.4 is 16.0 Å². The number of carboxylic acid groups (broad SMARTS) is 1. The van der Waals surface area contributed by atoms with E-state index in [-0.39, 0.29) is 35.1 Å². The predicted octanol–water partition coefficient (Wildman–Crippen LogP) is 6.37. The van der Waals surface area contributed by atoms with Gasteiger partial charge < -0.3 is 21.1 Å². The zero-order chi connectivity index (χ0) is 27.7. The second kappa shape index (κ2) is 12.8. The van der Waals surface area contributed by atoms with Gasteiger partial charge in [0.15, 0.2) is 0 Å². The first kappa shape index (κ1) is 28.3. The van der Waals surface area contributed by atoms with Crippen molar-refractivity contribution in [2.45, 2.75) is 32.4 Å². The van der Waals surface area contributed by atoms with Crippen molar-refractivity contribution < 1.29 is 23.1 Å². The Morgan fingerprint density at radius 3 is 2.45 bits per heavy atom. The van der Waals surface area contributed by atoms with E-state index in [2.05, 4.69) is 46.6 Å². The van der Waals surface area contributed by atoms with Crippen LogP contribution in [0.25, 0.3) is 0 Å². The number of rotatable bonds is 11. The lowest BCUT2D eigenvalue weighted by molar-refractivity contribution is -0.0883. The van der Waals surface area contributed by atoms with Crippen LogP contribution >= 0.6 is 0 Å². The molecule has 0 fully saturated rings. The van der Waals surface area contributed by atoms with Crippen molar-refractivity contribution in [1.29, 1.82) is 0 Å². The van der Waals surface area contributed by atoms with Gasteiger partial charge >= 0.3 is 12.1 Å². The SMILES string of the molecule is C=C1C=C(NCC(CC)c2ccccc2)N=C(/C(=C\C(=C/C)C(F)(F)F)CNc2ccccc2C(=O)O)N1. The van der Waals surface area contributed by atoms with Crippen LogP contribution in [0.5, 0.6) is 0 Å². The van der Waals surface area contributed by atoms with Crippen molar-refractivity contribution in [3.8, 4) is 0 Å². The number of amidine groups is 1. The molecule has 1 atom stereocenters. The number of benzene rings is 2. The smallest absolute Gasteiger partial charge is 0.416 e. The van der Waals surface area contributed by atoms with Crippen molar-refractivity contribution >= 4 is 17.5 Å². The Kier molecular flexibility index (Phi) is 9.54. The topological polar surface area (TPSA) is 85.8 Å². The number of hydrogen-bond acceptors (Lipinski definition) is 5. The fourth-order valence-electron chi connectivity index (χ4n) is 3.96. The van der Waals surface area contributed by atoms with Gasteiger partial charge in [-0.25, -0.2) is 9.79 Å². The Hall–Kier alpha value is -4.27. The summed E-state index contributed by atoms with van der Waals surface area (Å²) in [7, 11) is 0. The summed E-state index contributed by atoms with van der Waals surface area (Å²) in [6.07, 6.45) is -0.0335. The number of carbonyl (C=O) groups is 1. The molecule has 0 spiro atoms. The molecule has 0 bridgehead atoms. The highest BCUT2D eigenvalue weighted by atomic mass is 19.4. The summed E-state index contributed by atoms with van der Waals surface area (Å²) in [5.41, 5.74) is 1.23. The fourth-order valence-corrected chi connectivity index (χ4v) is 3.96. The zero-order valence-corrected chi connectivity index (χ0v) is 21.3. The highest BCUT2D eigenvalue weighted by Gasteiger charge is 2.32. The molecule has 0 aromatic heterocycles. The Bertz CT molecular complexity index is 1280. The number of allylic oxidation sites excluding steroid dienone is 4. The molecule has 0 saturated heterocycles. The number of anilines is 1. The largest absolute Gasteiger partial charge is 0.478 e. The van der Waals surface area contributed by atoms with Gasteiger partial charge in [-0.15, -0.1) is 0 Å². The number of carboxylic acids is 1. The van der Waals surface area contributed by atoms with E-state index in [0.717, 1.165) is 18.6 Å². The standard InChI is InChI=1S/C29H31F3N4O2/c1-4-20(21-11-7-6-8-12-21)17-34-26-15-19(3)35-27(36-26)22(16-23(5-2)29(30,31)32)18-33-25-14-10-9-13-24(25)28(37)38/h5-16,20,33-34H,3-4,17-18H2,1-2H3,(H,35,36)(H,37,38)/b22-16-,23-5+. The van der Waals surface area contributed by atoms with Gasteiger partial charge in [-0.2, -0.15) is 13.2 Å². The summed E-state index contributed by atoms with van der Waals surface area (Å²) in [6, 6.07) is 16.2. The third-order valence-electron chi connectivity index (χ3n) is 6.01. The molecule has 38 heavy (non-hydrogen) atoms. The number of nitrogens with one attached hydrogen (secondary N) is 3. The van der Waals surface area contributed by atoms with Gasteiger partial charge in [0.2, 0.25) is 0 Å². The van der Waals surface area contributed by atoms with Gasteiger partial charge in [-0.3, -0.25) is 0 Å². The minimum absolute atomic E-state index is 0.00523. The Morgan fingerprint density at radius 2 is 1.82 bits per heavy atom. The first-order valence-corrected chi connectivity index (χ1v) is 12.2. The predicted molar refractivity (Wildman–Crippen MR) is 145 cm³/mol. The van der Waals surface area contributed by atoms with Crippen LogP contribution in [0.3, 0.4) is 0 Å². The van der Waals surface area contributed by atoms with Crippen LogP contribution in [-0.4, -0.2) is 36.2 Å². The molecule has 1 heterocycles. The second-order valence-electron chi connectivity index (χ2n) is 8.65. The molecule has 1 aliphatic heterocycles. The van der Waals surface area contributed by atoms with Crippen LogP contribution in [-0.2, 0) is 0 Å². The van der Waals surface area contributed by atoms with Gasteiger partial charge in [0.05, 0.1) is 11.1 Å². The highest BCUT2D eigenvalue weighted by molar-refractivity contribution is 6.02. The molecule has 3 rings (SSSR count). The number of aromatic carboxylic acids is 1. The molecule has 9 heteroatoms. The number of alkyl halides is 3. The molecule has 0 radical (unpaired) electrons. The normalized spacial score (nSPS) is 15.2. The van der Waals surface area contributed by atoms with Crippen LogP contribution in [0.2, 0.25) is 0 Å². The molecule has 0 amide bonds. The van der Waals surface area contributed by atoms with Gasteiger partial charge in [-0.1, -0.05) is 62.0 Å². The lowest BCUT2D eigenvalue weighted by atomic mass is 9.96. The minimum Gasteiger partial charge on any atom is -0.478 e. The first-order valence-electron chi connectivity index (χ1n) is 12.2. The van der Waals surface area contributed by atoms with Gasteiger partial charge in [0.1, 0.15) is 11.7 Å². The van der Waals surface area contributed by atoms with Gasteiger partial charge in [0.25, 0.3) is 0 Å². The summed E-state index contributed by atoms with van der Waals surface area (Å²) in [5, 5.41) is 18.7. The third-order valence-corrected chi connectivity index (χ3v) is 6.01. The van der Waals surface area contributed by atoms with E-state index >= 15 is 0 Å². The molecule has 2 aromatic rings. The summed E-state index contributed by atoms with van der Waals surface area (Å²) < 4.78 is 40.9. The monoisotopic (exact) mass is 524 g/mol. The minimum atomic E-state index is -4.58. The van der Waals surface area contributed by atoms with E-state index in [1.807, 2.05) is 18.2 Å². The maximum Gasteiger partial charge on any atom is 0.416 e. The maximum atomic E-state index is 13.6. The van der Waals surface area contributed by atoms with Crippen molar-refractivity contribution in [2.24, 2.45) is 4.99 Å². The van der Waals surface area contributed by atoms with Crippen LogP contribution in [0, 0.1) is 0 Å². The number of aliphatic imine (C=N–C) groups is 1. The number of nitrogens with zero attached hydrogens (tertiary/aromatic N) is 1. The lowest BCUT2D eigenvalue weighted by Gasteiger charge is -2.23. The van der Waals surface area contributed by atoms with Crippen LogP contribution in [0.4, 0.5) is 18.9 Å². The van der Waals surface area contributed by atoms with Crippen molar-refractivity contribution in [1.82, 2.24) is 10.6 Å². The Balaban J connectivity index is 1.90. The Morgan fingerprint density at radius 1 is 1.13 bits per heavy atom. The van der Waals surface area contributed by atoms with Gasteiger partial charge in [-0.05, 0) is 37.1 Å². The third kappa shape index (κ3) is 7.61. The Labute approximate surface area is 220 Å². The maximum absolute atomic E-state index is 13.6. The summed E-state index contributed by atoms with van der Waals surface area (Å²) in [5.74, 6) is -0.300. The molecule has 0 aliphatic carbocycles. The number of hydrogen-bond donors (Lipinski definition) is 4. The van der Waals surface area contributed by atoms with E-state index in [1.165, 1.54) is 18.6 Å². The molecular formula is C29H31F3N4O2. The van der Waals surface area contributed by atoms with E-state index < -0.39 is 17.7 Å². The molecule has 1 aliphatic rings. The summed E-state index contributed by atoms with van der Waals surface area (Å²) >= 11 is 0. The fraction of sp³-hybridized carbons (Fsp3) is 0.241. The van der Waals surface area contributed by atoms with Gasteiger partial charge in [0, 0.05) is 42.0 Å². The molecule has 4 N–H and O–H groups in total. The van der Waals surface area contributed by atoms with Crippen LogP contribution in [0.1, 0.15) is 42.1 Å². The number of para-hydroxylation sites is 1. The van der Waals surface area contributed by atoms with Crippen LogP contribution in [0.15, 0.2) is 107 Å². The van der Waals surface area contributed by atoms with Crippen molar-refractivity contribution in [3.05, 3.63) is 113 Å². The molecule has 6 nitrogen and oxygen atoms in total. The average Bonchev–Trinajstić information content (AvgIpc) is 2.89. The zero-order valence-electron chi connectivity index (χ0n) is 21.3. The quantitative estimate of drug-likeness (QED) is 0.257. The lowest BCUT2D eigenvalue weighted by Crippen LogP contribution is -2.33. The molecule has 200 valence electrons. The van der Waals surface area contributed by atoms with E-state index in [9.17, 15) is 23.1 Å². The highest BCUT2D eigenvalue weighted by Crippen LogP contribution is 2.28. The molecule has 2 aromatic carbocycles. The molecular weight excluding hydrogens is 493 g/mol. The second-order valence-corrected chi connectivity index (χ2v) is 8.65.